The summed E-state index contributed by atoms with van der Waals surface area (Å²) in [6, 6.07) is 2.39. The third-order valence-electron chi connectivity index (χ3n) is 4.41. The van der Waals surface area contributed by atoms with Gasteiger partial charge in [-0.05, 0) is 63.2 Å². The van der Waals surface area contributed by atoms with E-state index in [1.807, 2.05) is 6.26 Å². The Kier molecular flexibility index (Phi) is 4.26. The van der Waals surface area contributed by atoms with Gasteiger partial charge in [0.1, 0.15) is 6.10 Å². The van der Waals surface area contributed by atoms with E-state index >= 15 is 0 Å². The first-order valence-corrected chi connectivity index (χ1v) is 6.76. The molecule has 0 aromatic rings. The molecule has 2 aliphatic carbocycles. The molecule has 0 heterocycles. The Balaban J connectivity index is 1.69. The molecule has 3 heteroatoms. The maximum atomic E-state index is 8.86. The second-order valence-corrected chi connectivity index (χ2v) is 5.59. The number of hydrogen-bond acceptors (Lipinski definition) is 3. The van der Waals surface area contributed by atoms with E-state index in [0.717, 1.165) is 37.5 Å². The molecule has 2 fully saturated rings. The summed E-state index contributed by atoms with van der Waals surface area (Å²) in [7, 11) is 0. The van der Waals surface area contributed by atoms with Crippen molar-refractivity contribution in [1.82, 2.24) is 0 Å². The lowest BCUT2D eigenvalue weighted by atomic mass is 9.78. The fraction of sp³-hybridized carbons (Fsp3) is 0.857. The van der Waals surface area contributed by atoms with Crippen LogP contribution in [0.1, 0.15) is 51.4 Å². The summed E-state index contributed by atoms with van der Waals surface area (Å²) in [6.45, 7) is 0. The lowest BCUT2D eigenvalue weighted by Crippen LogP contribution is -2.16. The summed E-state index contributed by atoms with van der Waals surface area (Å²) in [4.78, 5) is 0. The Labute approximate surface area is 103 Å². The fourth-order valence-electron chi connectivity index (χ4n) is 3.42. The van der Waals surface area contributed by atoms with Gasteiger partial charge in [0.05, 0.1) is 6.07 Å². The lowest BCUT2D eigenvalue weighted by molar-refractivity contribution is 0.159. The van der Waals surface area contributed by atoms with Crippen LogP contribution in [0.25, 0.3) is 0 Å². The maximum Gasteiger partial charge on any atom is 0.286 e. The zero-order valence-electron chi connectivity index (χ0n) is 10.3. The third-order valence-corrected chi connectivity index (χ3v) is 4.41. The summed E-state index contributed by atoms with van der Waals surface area (Å²) >= 11 is 0. The van der Waals surface area contributed by atoms with E-state index in [9.17, 15) is 0 Å². The van der Waals surface area contributed by atoms with Crippen LogP contribution in [0.15, 0.2) is 0 Å². The zero-order valence-corrected chi connectivity index (χ0v) is 10.3. The SMILES string of the molecule is N#COC1CCC(CC2CCC(C#N)CC2)C1. The van der Waals surface area contributed by atoms with Gasteiger partial charge in [-0.1, -0.05) is 0 Å². The number of nitriles is 2. The average molecular weight is 232 g/mol. The number of hydrogen-bond donors (Lipinski definition) is 0. The van der Waals surface area contributed by atoms with Gasteiger partial charge in [-0.25, -0.2) is 0 Å². The van der Waals surface area contributed by atoms with Crippen molar-refractivity contribution < 1.29 is 4.74 Å². The molecular formula is C14H20N2O. The first kappa shape index (κ1) is 12.2. The van der Waals surface area contributed by atoms with Crippen LogP contribution in [0.3, 0.4) is 0 Å². The molecule has 2 atom stereocenters. The van der Waals surface area contributed by atoms with Gasteiger partial charge in [0, 0.05) is 5.92 Å². The number of ether oxygens (including phenoxy) is 1. The first-order valence-electron chi connectivity index (χ1n) is 6.76. The molecule has 3 nitrogen and oxygen atoms in total. The largest absolute Gasteiger partial charge is 0.424 e. The van der Waals surface area contributed by atoms with Crippen LogP contribution in [0.5, 0.6) is 0 Å². The second-order valence-electron chi connectivity index (χ2n) is 5.59. The summed E-state index contributed by atoms with van der Waals surface area (Å²) in [6.07, 6.45) is 11.2. The van der Waals surface area contributed by atoms with Crippen LogP contribution in [0, 0.1) is 40.6 Å². The van der Waals surface area contributed by atoms with Gasteiger partial charge < -0.3 is 4.74 Å². The highest BCUT2D eigenvalue weighted by molar-refractivity contribution is 4.88. The van der Waals surface area contributed by atoms with Crippen molar-refractivity contribution in [3.8, 4) is 12.3 Å². The smallest absolute Gasteiger partial charge is 0.286 e. The third kappa shape index (κ3) is 3.37. The van der Waals surface area contributed by atoms with Gasteiger partial charge in [-0.3, -0.25) is 0 Å². The molecule has 2 unspecified atom stereocenters. The van der Waals surface area contributed by atoms with Gasteiger partial charge in [-0.2, -0.15) is 10.5 Å². The minimum absolute atomic E-state index is 0.181. The van der Waals surface area contributed by atoms with Crippen LogP contribution in [-0.2, 0) is 4.74 Å². The molecule has 0 bridgehead atoms. The molecular weight excluding hydrogens is 212 g/mol. The Morgan fingerprint density at radius 1 is 0.941 bits per heavy atom. The first-order chi connectivity index (χ1) is 8.31. The maximum absolute atomic E-state index is 8.86. The predicted octanol–water partition coefficient (Wildman–Crippen LogP) is 3.37. The molecule has 0 radical (unpaired) electrons. The minimum Gasteiger partial charge on any atom is -0.424 e. The van der Waals surface area contributed by atoms with E-state index < -0.39 is 0 Å². The van der Waals surface area contributed by atoms with Gasteiger partial charge in [-0.15, -0.1) is 0 Å². The number of rotatable bonds is 3. The molecule has 2 aliphatic rings. The fourth-order valence-corrected chi connectivity index (χ4v) is 3.42. The Hall–Kier alpha value is -1.22. The highest BCUT2D eigenvalue weighted by Crippen LogP contribution is 2.38. The molecule has 0 saturated heterocycles. The molecule has 0 aliphatic heterocycles. The molecule has 0 spiro atoms. The lowest BCUT2D eigenvalue weighted by Gasteiger charge is -2.26. The standard InChI is InChI=1S/C14H20N2O/c15-9-12-3-1-11(2-4-12)7-13-5-6-14(8-13)17-10-16/h11-14H,1-8H2. The van der Waals surface area contributed by atoms with Crippen molar-refractivity contribution in [2.45, 2.75) is 57.5 Å². The van der Waals surface area contributed by atoms with Gasteiger partial charge >= 0.3 is 0 Å². The Bertz CT molecular complexity index is 320. The van der Waals surface area contributed by atoms with E-state index in [1.54, 1.807) is 0 Å². The zero-order chi connectivity index (χ0) is 12.1. The van der Waals surface area contributed by atoms with E-state index in [-0.39, 0.29) is 6.10 Å². The van der Waals surface area contributed by atoms with Gasteiger partial charge in [0.15, 0.2) is 0 Å². The van der Waals surface area contributed by atoms with E-state index in [0.29, 0.717) is 5.92 Å². The quantitative estimate of drug-likeness (QED) is 0.701. The normalized spacial score (nSPS) is 37.1. The molecule has 92 valence electrons. The summed E-state index contributed by atoms with van der Waals surface area (Å²) in [5.41, 5.74) is 0. The molecule has 0 aromatic carbocycles. The Morgan fingerprint density at radius 3 is 2.29 bits per heavy atom. The van der Waals surface area contributed by atoms with Crippen LogP contribution >= 0.6 is 0 Å². The van der Waals surface area contributed by atoms with Crippen molar-refractivity contribution in [3.63, 3.8) is 0 Å². The molecule has 0 N–H and O–H groups in total. The van der Waals surface area contributed by atoms with Crippen molar-refractivity contribution >= 4 is 0 Å². The Morgan fingerprint density at radius 2 is 1.65 bits per heavy atom. The summed E-state index contributed by atoms with van der Waals surface area (Å²) in [5, 5.41) is 17.3. The highest BCUT2D eigenvalue weighted by atomic mass is 16.5. The second kappa shape index (κ2) is 5.92. The summed E-state index contributed by atoms with van der Waals surface area (Å²) < 4.78 is 5.02. The monoisotopic (exact) mass is 232 g/mol. The molecule has 2 rings (SSSR count). The van der Waals surface area contributed by atoms with E-state index in [4.69, 9.17) is 15.3 Å². The van der Waals surface area contributed by atoms with Crippen molar-refractivity contribution in [2.75, 3.05) is 0 Å². The van der Waals surface area contributed by atoms with E-state index in [1.165, 1.54) is 25.7 Å². The van der Waals surface area contributed by atoms with Crippen molar-refractivity contribution in [2.24, 2.45) is 17.8 Å². The van der Waals surface area contributed by atoms with Crippen molar-refractivity contribution in [3.05, 3.63) is 0 Å². The highest BCUT2D eigenvalue weighted by Gasteiger charge is 2.29. The molecule has 2 saturated carbocycles. The summed E-state index contributed by atoms with van der Waals surface area (Å²) in [5.74, 6) is 1.87. The van der Waals surface area contributed by atoms with Crippen molar-refractivity contribution in [1.29, 1.82) is 10.5 Å². The topological polar surface area (TPSA) is 56.8 Å². The van der Waals surface area contributed by atoms with Crippen LogP contribution in [0.4, 0.5) is 0 Å². The molecule has 0 aromatic heterocycles. The number of nitrogens with zero attached hydrogens (tertiary/aromatic N) is 2. The predicted molar refractivity (Wildman–Crippen MR) is 63.5 cm³/mol. The van der Waals surface area contributed by atoms with E-state index in [2.05, 4.69) is 6.07 Å². The molecule has 17 heavy (non-hydrogen) atoms. The van der Waals surface area contributed by atoms with Gasteiger partial charge in [0.2, 0.25) is 0 Å². The van der Waals surface area contributed by atoms with Gasteiger partial charge in [0.25, 0.3) is 6.26 Å². The molecule has 0 amide bonds. The minimum atomic E-state index is 0.181. The van der Waals surface area contributed by atoms with Crippen LogP contribution in [0.2, 0.25) is 0 Å². The average Bonchev–Trinajstić information content (AvgIpc) is 2.78. The van der Waals surface area contributed by atoms with Crippen LogP contribution in [-0.4, -0.2) is 6.10 Å². The van der Waals surface area contributed by atoms with Crippen LogP contribution < -0.4 is 0 Å².